The number of hydrogen-bond donors (Lipinski definition) is 0. The number of nitrogens with zero attached hydrogens (tertiary/aromatic N) is 4. The molecule has 1 amide bonds. The van der Waals surface area contributed by atoms with Crippen LogP contribution in [0.5, 0.6) is 0 Å². The molecule has 0 atom stereocenters. The number of pyridine rings is 1. The Balaban J connectivity index is 2.01. The van der Waals surface area contributed by atoms with Crippen molar-refractivity contribution in [3.05, 3.63) is 83.7 Å². The molecule has 0 saturated heterocycles. The molecule has 0 aliphatic heterocycles. The minimum Gasteiger partial charge on any atom is -0.298 e. The quantitative estimate of drug-likeness (QED) is 0.731. The first-order chi connectivity index (χ1) is 12.0. The number of anilines is 1. The number of aromatic nitrogens is 3. The maximum absolute atomic E-state index is 14.3. The lowest BCUT2D eigenvalue weighted by molar-refractivity contribution is 0.0978. The number of carbonyl (C=O) groups excluding carboxylic acids is 1. The molecule has 0 aliphatic rings. The highest BCUT2D eigenvalue weighted by Crippen LogP contribution is 2.23. The molecule has 0 aliphatic carbocycles. The Hall–Kier alpha value is -3.22. The molecule has 0 N–H and O–H groups in total. The molecular weight excluding hydrogens is 326 g/mol. The molecular formula is C18H14F2N4O. The molecule has 0 bridgehead atoms. The lowest BCUT2D eigenvalue weighted by atomic mass is 10.2. The Kier molecular flexibility index (Phi) is 4.74. The van der Waals surface area contributed by atoms with E-state index in [-0.39, 0.29) is 17.9 Å². The summed E-state index contributed by atoms with van der Waals surface area (Å²) >= 11 is 0. The molecule has 3 aromatic rings. The van der Waals surface area contributed by atoms with Gasteiger partial charge in [-0.2, -0.15) is 0 Å². The monoisotopic (exact) mass is 340 g/mol. The van der Waals surface area contributed by atoms with Gasteiger partial charge in [0.1, 0.15) is 17.3 Å². The molecule has 126 valence electrons. The van der Waals surface area contributed by atoms with Gasteiger partial charge < -0.3 is 0 Å². The number of benzene rings is 1. The number of rotatable bonds is 4. The second kappa shape index (κ2) is 7.12. The van der Waals surface area contributed by atoms with E-state index in [1.165, 1.54) is 18.5 Å². The maximum atomic E-state index is 14.3. The van der Waals surface area contributed by atoms with E-state index in [2.05, 4.69) is 15.0 Å². The lowest BCUT2D eigenvalue weighted by Crippen LogP contribution is -2.32. The number of carbonyl (C=O) groups is 1. The van der Waals surface area contributed by atoms with E-state index in [1.54, 1.807) is 31.3 Å². The molecule has 2 heterocycles. The van der Waals surface area contributed by atoms with Gasteiger partial charge in [-0.05, 0) is 31.2 Å². The molecule has 25 heavy (non-hydrogen) atoms. The number of hydrogen-bond acceptors (Lipinski definition) is 4. The Bertz CT molecular complexity index is 885. The first kappa shape index (κ1) is 16.6. The highest BCUT2D eigenvalue weighted by Gasteiger charge is 2.23. The van der Waals surface area contributed by atoms with E-state index in [0.29, 0.717) is 11.4 Å². The van der Waals surface area contributed by atoms with Gasteiger partial charge in [-0.3, -0.25) is 19.7 Å². The van der Waals surface area contributed by atoms with Gasteiger partial charge in [0.2, 0.25) is 0 Å². The third-order valence-electron chi connectivity index (χ3n) is 3.49. The Morgan fingerprint density at radius 1 is 1.08 bits per heavy atom. The van der Waals surface area contributed by atoms with E-state index in [9.17, 15) is 13.6 Å². The molecule has 2 aromatic heterocycles. The largest absolute Gasteiger partial charge is 0.298 e. The van der Waals surface area contributed by atoms with Crippen molar-refractivity contribution in [2.75, 3.05) is 4.90 Å². The second-order valence-electron chi connectivity index (χ2n) is 5.35. The fourth-order valence-electron chi connectivity index (χ4n) is 2.26. The fourth-order valence-corrected chi connectivity index (χ4v) is 2.26. The van der Waals surface area contributed by atoms with E-state index in [0.717, 1.165) is 17.0 Å². The molecule has 7 heteroatoms. The summed E-state index contributed by atoms with van der Waals surface area (Å²) in [6.07, 6.45) is 4.35. The summed E-state index contributed by atoms with van der Waals surface area (Å²) in [7, 11) is 0. The van der Waals surface area contributed by atoms with Crippen molar-refractivity contribution < 1.29 is 13.6 Å². The van der Waals surface area contributed by atoms with Crippen LogP contribution in [0.4, 0.5) is 14.5 Å². The van der Waals surface area contributed by atoms with Crippen molar-refractivity contribution >= 4 is 11.6 Å². The van der Waals surface area contributed by atoms with Gasteiger partial charge >= 0.3 is 0 Å². The molecule has 0 spiro atoms. The number of amides is 1. The third kappa shape index (κ3) is 3.82. The standard InChI is InChI=1S/C18H14F2N4O/c1-12-9-23-16(10-22-12)18(25)24(11-14-4-2-3-7-21-14)17-6-5-13(19)8-15(17)20/h2-10H,11H2,1H3. The SMILES string of the molecule is Cc1cnc(C(=O)N(Cc2ccccn2)c2ccc(F)cc2F)cn1. The zero-order valence-electron chi connectivity index (χ0n) is 13.4. The fraction of sp³-hybridized carbons (Fsp3) is 0.111. The molecule has 0 radical (unpaired) electrons. The summed E-state index contributed by atoms with van der Waals surface area (Å²) in [4.78, 5) is 26.2. The summed E-state index contributed by atoms with van der Waals surface area (Å²) in [5.74, 6) is -2.12. The topological polar surface area (TPSA) is 59.0 Å². The van der Waals surface area contributed by atoms with Crippen LogP contribution >= 0.6 is 0 Å². The van der Waals surface area contributed by atoms with Crippen molar-refractivity contribution in [1.82, 2.24) is 15.0 Å². The van der Waals surface area contributed by atoms with Gasteiger partial charge in [-0.25, -0.2) is 13.8 Å². The zero-order valence-corrected chi connectivity index (χ0v) is 13.4. The van der Waals surface area contributed by atoms with E-state index < -0.39 is 17.5 Å². The minimum absolute atomic E-state index is 0.0117. The summed E-state index contributed by atoms with van der Waals surface area (Å²) in [5, 5.41) is 0. The number of halogens is 2. The summed E-state index contributed by atoms with van der Waals surface area (Å²) in [5.41, 5.74) is 1.21. The number of aryl methyl sites for hydroxylation is 1. The predicted molar refractivity (Wildman–Crippen MR) is 87.9 cm³/mol. The summed E-state index contributed by atoms with van der Waals surface area (Å²) < 4.78 is 27.5. The Morgan fingerprint density at radius 3 is 2.56 bits per heavy atom. The molecule has 5 nitrogen and oxygen atoms in total. The van der Waals surface area contributed by atoms with E-state index in [4.69, 9.17) is 0 Å². The van der Waals surface area contributed by atoms with Crippen LogP contribution in [0.1, 0.15) is 21.9 Å². The van der Waals surface area contributed by atoms with Crippen LogP contribution in [0.2, 0.25) is 0 Å². The summed E-state index contributed by atoms with van der Waals surface area (Å²) in [6, 6.07) is 8.25. The first-order valence-corrected chi connectivity index (χ1v) is 7.50. The van der Waals surface area contributed by atoms with Gasteiger partial charge in [-0.15, -0.1) is 0 Å². The maximum Gasteiger partial charge on any atom is 0.278 e. The van der Waals surface area contributed by atoms with E-state index in [1.807, 2.05) is 0 Å². The molecule has 0 fully saturated rings. The van der Waals surface area contributed by atoms with Gasteiger partial charge in [0.15, 0.2) is 0 Å². The van der Waals surface area contributed by atoms with Crippen LogP contribution in [-0.4, -0.2) is 20.9 Å². The predicted octanol–water partition coefficient (Wildman–Crippen LogP) is 3.31. The van der Waals surface area contributed by atoms with E-state index >= 15 is 0 Å². The van der Waals surface area contributed by atoms with Crippen molar-refractivity contribution in [3.63, 3.8) is 0 Å². The van der Waals surface area contributed by atoms with Gasteiger partial charge in [0.25, 0.3) is 5.91 Å². The van der Waals surface area contributed by atoms with Crippen LogP contribution < -0.4 is 4.90 Å². The minimum atomic E-state index is -0.843. The molecule has 0 unspecified atom stereocenters. The highest BCUT2D eigenvalue weighted by molar-refractivity contribution is 6.04. The van der Waals surface area contributed by atoms with Crippen LogP contribution in [0.15, 0.2) is 55.0 Å². The Labute approximate surface area is 143 Å². The smallest absolute Gasteiger partial charge is 0.278 e. The van der Waals surface area contributed by atoms with Crippen molar-refractivity contribution in [2.45, 2.75) is 13.5 Å². The van der Waals surface area contributed by atoms with Crippen LogP contribution in [-0.2, 0) is 6.54 Å². The van der Waals surface area contributed by atoms with Gasteiger partial charge in [-0.1, -0.05) is 6.07 Å². The average Bonchev–Trinajstić information content (AvgIpc) is 2.61. The molecule has 3 rings (SSSR count). The van der Waals surface area contributed by atoms with Crippen LogP contribution in [0.3, 0.4) is 0 Å². The van der Waals surface area contributed by atoms with Gasteiger partial charge in [0.05, 0.1) is 29.8 Å². The highest BCUT2D eigenvalue weighted by atomic mass is 19.1. The molecule has 1 aromatic carbocycles. The normalized spacial score (nSPS) is 10.5. The van der Waals surface area contributed by atoms with Crippen LogP contribution in [0, 0.1) is 18.6 Å². The third-order valence-corrected chi connectivity index (χ3v) is 3.49. The van der Waals surface area contributed by atoms with Gasteiger partial charge in [0, 0.05) is 18.5 Å². The summed E-state index contributed by atoms with van der Waals surface area (Å²) in [6.45, 7) is 1.75. The first-order valence-electron chi connectivity index (χ1n) is 7.50. The van der Waals surface area contributed by atoms with Crippen molar-refractivity contribution in [1.29, 1.82) is 0 Å². The van der Waals surface area contributed by atoms with Crippen molar-refractivity contribution in [3.8, 4) is 0 Å². The Morgan fingerprint density at radius 2 is 1.92 bits per heavy atom. The second-order valence-corrected chi connectivity index (χ2v) is 5.35. The van der Waals surface area contributed by atoms with Crippen molar-refractivity contribution in [2.24, 2.45) is 0 Å². The zero-order chi connectivity index (χ0) is 17.8. The lowest BCUT2D eigenvalue weighted by Gasteiger charge is -2.22. The molecule has 0 saturated carbocycles. The average molecular weight is 340 g/mol. The van der Waals surface area contributed by atoms with Crippen LogP contribution in [0.25, 0.3) is 0 Å².